The molecule has 0 heterocycles. The lowest BCUT2D eigenvalue weighted by Gasteiger charge is -2.09. The number of alkyl halides is 1. The average Bonchev–Trinajstić information content (AvgIpc) is 2.40. The minimum absolute atomic E-state index is 0.0461. The van der Waals surface area contributed by atoms with E-state index < -0.39 is 24.2 Å². The normalized spacial score (nSPS) is 11.7. The molecule has 0 aromatic heterocycles. The second-order valence-corrected chi connectivity index (χ2v) is 3.49. The molecule has 3 nitrogen and oxygen atoms in total. The molecular formula is C13H15F2NO2. The molecule has 0 aliphatic rings. The van der Waals surface area contributed by atoms with Crippen LogP contribution in [0.4, 0.5) is 8.78 Å². The zero-order valence-corrected chi connectivity index (χ0v) is 10.1. The van der Waals surface area contributed by atoms with Gasteiger partial charge in [-0.1, -0.05) is 30.3 Å². The van der Waals surface area contributed by atoms with Crippen LogP contribution in [0.5, 0.6) is 0 Å². The lowest BCUT2D eigenvalue weighted by atomic mass is 10.2. The summed E-state index contributed by atoms with van der Waals surface area (Å²) in [7, 11) is 0. The van der Waals surface area contributed by atoms with Crippen LogP contribution >= 0.6 is 0 Å². The molecular weight excluding hydrogens is 240 g/mol. The molecule has 1 rings (SSSR count). The lowest BCUT2D eigenvalue weighted by molar-refractivity contribution is -0.140. The standard InChI is InChI=1S/C13H15F2NO2/c1-2-18-13(17)12(15)11(8-14)16-9-10-6-4-3-5-7-10/h3-7,16H,2,8-9H2,1H3/b12-11-. The van der Waals surface area contributed by atoms with Crippen molar-refractivity contribution in [2.45, 2.75) is 13.5 Å². The van der Waals surface area contributed by atoms with Crippen molar-refractivity contribution < 1.29 is 18.3 Å². The zero-order chi connectivity index (χ0) is 13.4. The predicted octanol–water partition coefficient (Wildman–Crippen LogP) is 2.49. The van der Waals surface area contributed by atoms with Gasteiger partial charge in [-0.2, -0.15) is 4.39 Å². The van der Waals surface area contributed by atoms with E-state index in [1.54, 1.807) is 6.92 Å². The summed E-state index contributed by atoms with van der Waals surface area (Å²) < 4.78 is 30.6. The molecule has 5 heteroatoms. The van der Waals surface area contributed by atoms with Gasteiger partial charge in [-0.15, -0.1) is 0 Å². The van der Waals surface area contributed by atoms with Crippen LogP contribution < -0.4 is 5.32 Å². The van der Waals surface area contributed by atoms with E-state index in [-0.39, 0.29) is 13.2 Å². The topological polar surface area (TPSA) is 38.3 Å². The number of halogens is 2. The quantitative estimate of drug-likeness (QED) is 0.627. The van der Waals surface area contributed by atoms with E-state index in [1.165, 1.54) is 0 Å². The molecule has 98 valence electrons. The van der Waals surface area contributed by atoms with Crippen LogP contribution in [-0.4, -0.2) is 19.3 Å². The number of esters is 1. The highest BCUT2D eigenvalue weighted by Gasteiger charge is 2.16. The number of hydrogen-bond donors (Lipinski definition) is 1. The van der Waals surface area contributed by atoms with Gasteiger partial charge >= 0.3 is 5.97 Å². The number of rotatable bonds is 6. The molecule has 1 aromatic rings. The molecule has 0 amide bonds. The van der Waals surface area contributed by atoms with Gasteiger partial charge in [0, 0.05) is 6.54 Å². The second kappa shape index (κ2) is 7.42. The molecule has 1 aromatic carbocycles. The molecule has 0 saturated heterocycles. The fourth-order valence-corrected chi connectivity index (χ4v) is 1.31. The molecule has 0 spiro atoms. The van der Waals surface area contributed by atoms with Crippen molar-refractivity contribution in [1.82, 2.24) is 5.32 Å². The summed E-state index contributed by atoms with van der Waals surface area (Å²) in [5, 5.41) is 2.55. The Balaban J connectivity index is 2.66. The van der Waals surface area contributed by atoms with Gasteiger partial charge in [0.1, 0.15) is 6.67 Å². The number of nitrogens with one attached hydrogen (secondary N) is 1. The second-order valence-electron chi connectivity index (χ2n) is 3.49. The molecule has 0 aliphatic carbocycles. The summed E-state index contributed by atoms with van der Waals surface area (Å²) in [6, 6.07) is 9.10. The van der Waals surface area contributed by atoms with E-state index in [2.05, 4.69) is 10.1 Å². The number of allylic oxidation sites excluding steroid dienone is 1. The third-order valence-electron chi connectivity index (χ3n) is 2.20. The van der Waals surface area contributed by atoms with Crippen molar-refractivity contribution in [2.24, 2.45) is 0 Å². The smallest absolute Gasteiger partial charge is 0.369 e. The maximum Gasteiger partial charge on any atom is 0.369 e. The number of hydrogen-bond acceptors (Lipinski definition) is 3. The fraction of sp³-hybridized carbons (Fsp3) is 0.308. The van der Waals surface area contributed by atoms with Crippen LogP contribution in [0.3, 0.4) is 0 Å². The van der Waals surface area contributed by atoms with Crippen LogP contribution in [0.2, 0.25) is 0 Å². The van der Waals surface area contributed by atoms with Gasteiger partial charge in [-0.25, -0.2) is 9.18 Å². The van der Waals surface area contributed by atoms with E-state index in [4.69, 9.17) is 0 Å². The molecule has 1 N–H and O–H groups in total. The minimum Gasteiger partial charge on any atom is -0.461 e. The summed E-state index contributed by atoms with van der Waals surface area (Å²) in [5.74, 6) is -2.36. The van der Waals surface area contributed by atoms with Crippen molar-refractivity contribution in [3.63, 3.8) is 0 Å². The van der Waals surface area contributed by atoms with Gasteiger partial charge in [-0.3, -0.25) is 0 Å². The van der Waals surface area contributed by atoms with Crippen LogP contribution in [0, 0.1) is 0 Å². The third kappa shape index (κ3) is 4.16. The van der Waals surface area contributed by atoms with E-state index in [9.17, 15) is 13.6 Å². The van der Waals surface area contributed by atoms with Crippen molar-refractivity contribution in [3.05, 3.63) is 47.4 Å². The third-order valence-corrected chi connectivity index (χ3v) is 2.20. The summed E-state index contributed by atoms with van der Waals surface area (Å²) in [4.78, 5) is 11.1. The van der Waals surface area contributed by atoms with E-state index in [1.807, 2.05) is 30.3 Å². The van der Waals surface area contributed by atoms with E-state index in [0.717, 1.165) is 5.56 Å². The summed E-state index contributed by atoms with van der Waals surface area (Å²) >= 11 is 0. The van der Waals surface area contributed by atoms with E-state index >= 15 is 0 Å². The molecule has 0 bridgehead atoms. The first-order valence-electron chi connectivity index (χ1n) is 5.58. The van der Waals surface area contributed by atoms with Gasteiger partial charge in [0.05, 0.1) is 12.3 Å². The van der Waals surface area contributed by atoms with Gasteiger partial charge in [0.25, 0.3) is 0 Å². The molecule has 0 fully saturated rings. The Hall–Kier alpha value is -1.91. The number of ether oxygens (including phenoxy) is 1. The summed E-state index contributed by atoms with van der Waals surface area (Å²) in [5.41, 5.74) is 0.470. The molecule has 0 aliphatic heterocycles. The first-order valence-corrected chi connectivity index (χ1v) is 5.58. The maximum absolute atomic E-state index is 13.5. The predicted molar refractivity (Wildman–Crippen MR) is 64.0 cm³/mol. The highest BCUT2D eigenvalue weighted by molar-refractivity contribution is 5.86. The van der Waals surface area contributed by atoms with Crippen LogP contribution in [0.15, 0.2) is 41.9 Å². The highest BCUT2D eigenvalue weighted by atomic mass is 19.1. The van der Waals surface area contributed by atoms with Crippen LogP contribution in [0.1, 0.15) is 12.5 Å². The Labute approximate surface area is 104 Å². The Morgan fingerprint density at radius 1 is 1.33 bits per heavy atom. The van der Waals surface area contributed by atoms with Crippen molar-refractivity contribution in [2.75, 3.05) is 13.3 Å². The Morgan fingerprint density at radius 2 is 2.00 bits per heavy atom. The fourth-order valence-electron chi connectivity index (χ4n) is 1.31. The largest absolute Gasteiger partial charge is 0.461 e. The van der Waals surface area contributed by atoms with Crippen LogP contribution in [0.25, 0.3) is 0 Å². The Bertz CT molecular complexity index is 418. The molecule has 0 unspecified atom stereocenters. The maximum atomic E-state index is 13.5. The Kier molecular flexibility index (Phi) is 5.84. The first kappa shape index (κ1) is 14.2. The average molecular weight is 255 g/mol. The SMILES string of the molecule is CCOC(=O)/C(F)=C(\CF)NCc1ccccc1. The van der Waals surface area contributed by atoms with Crippen molar-refractivity contribution in [1.29, 1.82) is 0 Å². The molecule has 0 radical (unpaired) electrons. The van der Waals surface area contributed by atoms with Crippen LogP contribution in [-0.2, 0) is 16.1 Å². The summed E-state index contributed by atoms with van der Waals surface area (Å²) in [6.07, 6.45) is 0. The molecule has 18 heavy (non-hydrogen) atoms. The number of carbonyl (C=O) groups excluding carboxylic acids is 1. The van der Waals surface area contributed by atoms with Crippen molar-refractivity contribution in [3.8, 4) is 0 Å². The van der Waals surface area contributed by atoms with Gasteiger partial charge < -0.3 is 10.1 Å². The lowest BCUT2D eigenvalue weighted by Crippen LogP contribution is -2.19. The van der Waals surface area contributed by atoms with E-state index in [0.29, 0.717) is 0 Å². The monoisotopic (exact) mass is 255 g/mol. The first-order chi connectivity index (χ1) is 8.69. The number of carbonyl (C=O) groups is 1. The van der Waals surface area contributed by atoms with Gasteiger partial charge in [-0.05, 0) is 12.5 Å². The van der Waals surface area contributed by atoms with Gasteiger partial charge in [0.15, 0.2) is 0 Å². The molecule has 0 saturated carbocycles. The summed E-state index contributed by atoms with van der Waals surface area (Å²) in [6.45, 7) is 0.757. The molecule has 0 atom stereocenters. The minimum atomic E-state index is -1.21. The van der Waals surface area contributed by atoms with Crippen molar-refractivity contribution >= 4 is 5.97 Å². The zero-order valence-electron chi connectivity index (χ0n) is 10.1. The highest BCUT2D eigenvalue weighted by Crippen LogP contribution is 2.08. The number of benzene rings is 1. The Morgan fingerprint density at radius 3 is 2.56 bits per heavy atom. The van der Waals surface area contributed by atoms with Gasteiger partial charge in [0.2, 0.25) is 5.83 Å².